The second kappa shape index (κ2) is 10.5. The zero-order valence-electron chi connectivity index (χ0n) is 17.4. The molecule has 2 atom stereocenters. The van der Waals surface area contributed by atoms with Gasteiger partial charge in [-0.25, -0.2) is 8.78 Å². The van der Waals surface area contributed by atoms with Crippen molar-refractivity contribution in [1.29, 1.82) is 0 Å². The van der Waals surface area contributed by atoms with Crippen molar-refractivity contribution < 1.29 is 18.3 Å². The summed E-state index contributed by atoms with van der Waals surface area (Å²) in [5.41, 5.74) is 0. The van der Waals surface area contributed by atoms with E-state index in [0.717, 1.165) is 17.8 Å². The molecule has 0 N–H and O–H groups in total. The number of halogens is 2. The third-order valence-electron chi connectivity index (χ3n) is 7.78. The zero-order valence-corrected chi connectivity index (χ0v) is 17.4. The van der Waals surface area contributed by atoms with Gasteiger partial charge < -0.3 is 9.47 Å². The fraction of sp³-hybridized carbons (Fsp3) is 1.00. The molecule has 0 saturated heterocycles. The summed E-state index contributed by atoms with van der Waals surface area (Å²) in [4.78, 5) is 0. The van der Waals surface area contributed by atoms with Crippen LogP contribution in [0.4, 0.5) is 8.78 Å². The second-order valence-electron chi connectivity index (χ2n) is 9.64. The summed E-state index contributed by atoms with van der Waals surface area (Å²) < 4.78 is 39.7. The van der Waals surface area contributed by atoms with Crippen molar-refractivity contribution in [1.82, 2.24) is 0 Å². The van der Waals surface area contributed by atoms with Crippen LogP contribution in [0.25, 0.3) is 0 Å². The SMILES string of the molecule is COCCCOC1C(F)CC(C2CCC(C3CCC(C)CC3)CC2)CC1F. The molecule has 0 heterocycles. The Hall–Kier alpha value is -0.220. The van der Waals surface area contributed by atoms with Gasteiger partial charge in [0.25, 0.3) is 0 Å². The highest BCUT2D eigenvalue weighted by Crippen LogP contribution is 2.46. The van der Waals surface area contributed by atoms with Crippen LogP contribution in [0.1, 0.15) is 77.6 Å². The van der Waals surface area contributed by atoms with E-state index in [1.165, 1.54) is 51.4 Å². The van der Waals surface area contributed by atoms with Gasteiger partial charge in [-0.3, -0.25) is 0 Å². The molecule has 27 heavy (non-hydrogen) atoms. The smallest absolute Gasteiger partial charge is 0.129 e. The van der Waals surface area contributed by atoms with Gasteiger partial charge in [-0.05, 0) is 87.4 Å². The number of ether oxygens (including phenoxy) is 2. The van der Waals surface area contributed by atoms with Crippen molar-refractivity contribution in [3.8, 4) is 0 Å². The molecule has 0 aromatic heterocycles. The van der Waals surface area contributed by atoms with Crippen molar-refractivity contribution in [2.24, 2.45) is 29.6 Å². The van der Waals surface area contributed by atoms with Crippen LogP contribution < -0.4 is 0 Å². The first-order valence-electron chi connectivity index (χ1n) is 11.5. The monoisotopic (exact) mass is 386 g/mol. The van der Waals surface area contributed by atoms with Gasteiger partial charge in [0.15, 0.2) is 0 Å². The van der Waals surface area contributed by atoms with Crippen molar-refractivity contribution in [3.63, 3.8) is 0 Å². The number of alkyl halides is 2. The maximum atomic E-state index is 14.6. The molecule has 2 unspecified atom stereocenters. The van der Waals surface area contributed by atoms with Crippen LogP contribution in [0.15, 0.2) is 0 Å². The summed E-state index contributed by atoms with van der Waals surface area (Å²) in [6.45, 7) is 3.34. The van der Waals surface area contributed by atoms with Gasteiger partial charge in [-0.15, -0.1) is 0 Å². The Bertz CT molecular complexity index is 405. The van der Waals surface area contributed by atoms with Crippen LogP contribution in [-0.4, -0.2) is 38.8 Å². The average molecular weight is 387 g/mol. The van der Waals surface area contributed by atoms with E-state index in [1.807, 2.05) is 0 Å². The van der Waals surface area contributed by atoms with E-state index in [9.17, 15) is 8.78 Å². The average Bonchev–Trinajstić information content (AvgIpc) is 2.67. The van der Waals surface area contributed by atoms with E-state index >= 15 is 0 Å². The highest BCUT2D eigenvalue weighted by Gasteiger charge is 2.43. The highest BCUT2D eigenvalue weighted by atomic mass is 19.1. The fourth-order valence-corrected chi connectivity index (χ4v) is 6.03. The van der Waals surface area contributed by atoms with E-state index < -0.39 is 18.4 Å². The molecule has 4 heteroatoms. The first-order valence-corrected chi connectivity index (χ1v) is 11.5. The van der Waals surface area contributed by atoms with Crippen LogP contribution in [0.3, 0.4) is 0 Å². The molecular weight excluding hydrogens is 346 g/mol. The molecular formula is C23H40F2O2. The van der Waals surface area contributed by atoms with E-state index in [-0.39, 0.29) is 5.92 Å². The predicted octanol–water partition coefficient (Wildman–Crippen LogP) is 6.13. The molecule has 0 aromatic rings. The number of hydrogen-bond donors (Lipinski definition) is 0. The molecule has 0 aromatic carbocycles. The molecule has 0 radical (unpaired) electrons. The standard InChI is InChI=1S/C23H40F2O2/c1-16-4-6-17(7-5-16)18-8-10-19(11-9-18)20-14-21(24)23(22(25)15-20)27-13-3-12-26-2/h16-23H,3-15H2,1-2H3. The molecule has 0 amide bonds. The first-order chi connectivity index (χ1) is 13.1. The largest absolute Gasteiger partial charge is 0.385 e. The normalized spacial score (nSPS) is 43.6. The molecule has 3 rings (SSSR count). The number of rotatable bonds is 7. The number of methoxy groups -OCH3 is 1. The summed E-state index contributed by atoms with van der Waals surface area (Å²) in [5, 5.41) is 0. The topological polar surface area (TPSA) is 18.5 Å². The van der Waals surface area contributed by atoms with Gasteiger partial charge in [0.2, 0.25) is 0 Å². The zero-order chi connectivity index (χ0) is 19.2. The van der Waals surface area contributed by atoms with Gasteiger partial charge in [-0.2, -0.15) is 0 Å². The Balaban J connectivity index is 1.41. The van der Waals surface area contributed by atoms with E-state index in [2.05, 4.69) is 6.92 Å². The Kier molecular flexibility index (Phi) is 8.38. The lowest BCUT2D eigenvalue weighted by Gasteiger charge is -2.42. The first kappa shape index (κ1) is 21.5. The molecule has 3 fully saturated rings. The summed E-state index contributed by atoms with van der Waals surface area (Å²) in [5.74, 6) is 3.43. The van der Waals surface area contributed by atoms with Gasteiger partial charge in [0, 0.05) is 20.3 Å². The molecule has 3 aliphatic carbocycles. The Labute approximate surface area is 164 Å². The molecule has 0 bridgehead atoms. The van der Waals surface area contributed by atoms with Gasteiger partial charge in [0.1, 0.15) is 18.4 Å². The Morgan fingerprint density at radius 1 is 0.704 bits per heavy atom. The molecule has 3 aliphatic rings. The third-order valence-corrected chi connectivity index (χ3v) is 7.78. The van der Waals surface area contributed by atoms with E-state index in [4.69, 9.17) is 9.47 Å². The molecule has 3 saturated carbocycles. The minimum absolute atomic E-state index is 0.209. The van der Waals surface area contributed by atoms with Crippen molar-refractivity contribution in [2.75, 3.05) is 20.3 Å². The lowest BCUT2D eigenvalue weighted by atomic mass is 9.65. The molecule has 0 aliphatic heterocycles. The molecule has 2 nitrogen and oxygen atoms in total. The summed E-state index contributed by atoms with van der Waals surface area (Å²) >= 11 is 0. The quantitative estimate of drug-likeness (QED) is 0.490. The lowest BCUT2D eigenvalue weighted by Crippen LogP contribution is -2.44. The van der Waals surface area contributed by atoms with Crippen LogP contribution in [0, 0.1) is 29.6 Å². The fourth-order valence-electron chi connectivity index (χ4n) is 6.03. The lowest BCUT2D eigenvalue weighted by molar-refractivity contribution is -0.0931. The van der Waals surface area contributed by atoms with Gasteiger partial charge in [0.05, 0.1) is 0 Å². The Morgan fingerprint density at radius 3 is 1.70 bits per heavy atom. The minimum Gasteiger partial charge on any atom is -0.385 e. The maximum absolute atomic E-state index is 14.6. The molecule has 0 spiro atoms. The van der Waals surface area contributed by atoms with Crippen LogP contribution in [-0.2, 0) is 9.47 Å². The van der Waals surface area contributed by atoms with E-state index in [0.29, 0.717) is 38.4 Å². The summed E-state index contributed by atoms with van der Waals surface area (Å²) in [7, 11) is 1.63. The van der Waals surface area contributed by atoms with Crippen molar-refractivity contribution in [2.45, 2.75) is 96.0 Å². The van der Waals surface area contributed by atoms with Crippen LogP contribution in [0.5, 0.6) is 0 Å². The van der Waals surface area contributed by atoms with E-state index in [1.54, 1.807) is 7.11 Å². The van der Waals surface area contributed by atoms with Crippen molar-refractivity contribution >= 4 is 0 Å². The maximum Gasteiger partial charge on any atom is 0.129 e. The summed E-state index contributed by atoms with van der Waals surface area (Å²) in [6, 6.07) is 0. The number of hydrogen-bond acceptors (Lipinski definition) is 2. The predicted molar refractivity (Wildman–Crippen MR) is 105 cm³/mol. The van der Waals surface area contributed by atoms with Gasteiger partial charge in [-0.1, -0.05) is 19.8 Å². The second-order valence-corrected chi connectivity index (χ2v) is 9.64. The third kappa shape index (κ3) is 5.88. The van der Waals surface area contributed by atoms with Crippen LogP contribution >= 0.6 is 0 Å². The summed E-state index contributed by atoms with van der Waals surface area (Å²) in [6.07, 6.45) is 9.03. The highest BCUT2D eigenvalue weighted by molar-refractivity contribution is 4.92. The molecule has 158 valence electrons. The van der Waals surface area contributed by atoms with Crippen molar-refractivity contribution in [3.05, 3.63) is 0 Å². The minimum atomic E-state index is -1.15. The Morgan fingerprint density at radius 2 is 1.19 bits per heavy atom. The van der Waals surface area contributed by atoms with Gasteiger partial charge >= 0.3 is 0 Å². The van der Waals surface area contributed by atoms with Crippen LogP contribution in [0.2, 0.25) is 0 Å².